The first kappa shape index (κ1) is 26.5. The molecule has 0 aliphatic rings. The van der Waals surface area contributed by atoms with E-state index in [4.69, 9.17) is 4.74 Å². The Kier molecular flexibility index (Phi) is 9.06. The molecule has 1 N–H and O–H groups in total. The Morgan fingerprint density at radius 2 is 1.76 bits per heavy atom. The maximum atomic E-state index is 9.97. The van der Waals surface area contributed by atoms with Gasteiger partial charge in [0.15, 0.2) is 0 Å². The quantitative estimate of drug-likeness (QED) is 0.235. The number of nitriles is 1. The minimum Gasteiger partial charge on any atom is -0.393 e. The fourth-order valence-corrected chi connectivity index (χ4v) is 5.43. The summed E-state index contributed by atoms with van der Waals surface area (Å²) in [6.07, 6.45) is 5.81. The van der Waals surface area contributed by atoms with Crippen LogP contribution in [-0.4, -0.2) is 13.3 Å². The highest BCUT2D eigenvalue weighted by Crippen LogP contribution is 2.38. The van der Waals surface area contributed by atoms with E-state index >= 15 is 0 Å². The molecular formula is C33H34N2OS. The molecule has 1 unspecified atom stereocenters. The normalized spacial score (nSPS) is 12.4. The van der Waals surface area contributed by atoms with Crippen LogP contribution in [0.25, 0.3) is 21.9 Å². The van der Waals surface area contributed by atoms with Crippen molar-refractivity contribution < 1.29 is 4.74 Å². The van der Waals surface area contributed by atoms with Crippen LogP contribution < -0.4 is 5.32 Å². The third-order valence-electron chi connectivity index (χ3n) is 6.79. The highest BCUT2D eigenvalue weighted by atomic mass is 32.2. The number of nitrogens with zero attached hydrogens (tertiary/aromatic N) is 1. The summed E-state index contributed by atoms with van der Waals surface area (Å²) >= 11 is 1.67. The minimum absolute atomic E-state index is 0.264. The highest BCUT2D eigenvalue weighted by molar-refractivity contribution is 8.02. The number of benzene rings is 4. The van der Waals surface area contributed by atoms with Gasteiger partial charge < -0.3 is 10.1 Å². The molecular weight excluding hydrogens is 472 g/mol. The minimum atomic E-state index is -0.264. The van der Waals surface area contributed by atoms with E-state index < -0.39 is 0 Å². The lowest BCUT2D eigenvalue weighted by atomic mass is 9.92. The lowest BCUT2D eigenvalue weighted by molar-refractivity contribution is 0.0687. The van der Waals surface area contributed by atoms with Gasteiger partial charge in [-0.05, 0) is 69.8 Å². The molecule has 1 atom stereocenters. The first-order chi connectivity index (χ1) is 18.1. The van der Waals surface area contributed by atoms with Gasteiger partial charge in [-0.3, -0.25) is 0 Å². The van der Waals surface area contributed by atoms with E-state index in [9.17, 15) is 5.26 Å². The molecule has 4 aromatic rings. The van der Waals surface area contributed by atoms with E-state index in [2.05, 4.69) is 86.1 Å². The lowest BCUT2D eigenvalue weighted by Crippen LogP contribution is -2.10. The summed E-state index contributed by atoms with van der Waals surface area (Å²) in [6.45, 7) is 4.90. The van der Waals surface area contributed by atoms with Gasteiger partial charge in [0.05, 0.1) is 18.2 Å². The van der Waals surface area contributed by atoms with Crippen molar-refractivity contribution in [3.8, 4) is 17.2 Å². The summed E-state index contributed by atoms with van der Waals surface area (Å²) in [5, 5.41) is 15.4. The molecule has 0 fully saturated rings. The number of hydrogen-bond donors (Lipinski definition) is 1. The van der Waals surface area contributed by atoms with Crippen molar-refractivity contribution >= 4 is 22.5 Å². The van der Waals surface area contributed by atoms with E-state index in [1.165, 1.54) is 16.7 Å². The van der Waals surface area contributed by atoms with Crippen LogP contribution in [0.4, 0.5) is 0 Å². The molecule has 0 aromatic heterocycles. The maximum Gasteiger partial charge on any atom is 0.115 e. The monoisotopic (exact) mass is 506 g/mol. The Bertz CT molecular complexity index is 1450. The molecule has 0 aliphatic heterocycles. The zero-order valence-electron chi connectivity index (χ0n) is 22.0. The van der Waals surface area contributed by atoms with Gasteiger partial charge in [0, 0.05) is 23.7 Å². The SMILES string of the molecule is CCc1ccc(COC(/C(=C/NC)SC)c2ccc(C#N)c(-c3cccc4ccccc34)c2)c(CC)c1. The van der Waals surface area contributed by atoms with Crippen molar-refractivity contribution in [2.75, 3.05) is 13.3 Å². The number of aryl methyl sites for hydroxylation is 2. The number of hydrogen-bond acceptors (Lipinski definition) is 4. The Morgan fingerprint density at radius 3 is 2.49 bits per heavy atom. The summed E-state index contributed by atoms with van der Waals surface area (Å²) in [5.41, 5.74) is 7.57. The lowest BCUT2D eigenvalue weighted by Gasteiger charge is -2.23. The Balaban J connectivity index is 1.78. The van der Waals surface area contributed by atoms with Gasteiger partial charge in [0.2, 0.25) is 0 Å². The topological polar surface area (TPSA) is 45.0 Å². The van der Waals surface area contributed by atoms with Crippen LogP contribution >= 0.6 is 11.8 Å². The average Bonchev–Trinajstić information content (AvgIpc) is 2.96. The van der Waals surface area contributed by atoms with Gasteiger partial charge in [0.1, 0.15) is 6.10 Å². The molecule has 0 saturated carbocycles. The molecule has 4 aromatic carbocycles. The summed E-state index contributed by atoms with van der Waals surface area (Å²) < 4.78 is 6.68. The molecule has 37 heavy (non-hydrogen) atoms. The van der Waals surface area contributed by atoms with Crippen molar-refractivity contribution in [3.63, 3.8) is 0 Å². The molecule has 0 spiro atoms. The van der Waals surface area contributed by atoms with E-state index in [1.807, 2.05) is 37.5 Å². The van der Waals surface area contributed by atoms with Crippen molar-refractivity contribution in [1.29, 1.82) is 5.26 Å². The number of nitrogens with one attached hydrogen (secondary N) is 1. The van der Waals surface area contributed by atoms with Gasteiger partial charge in [-0.1, -0.05) is 80.6 Å². The second-order valence-corrected chi connectivity index (χ2v) is 9.86. The standard InChI is InChI=1S/C33H34N2OS/c1-5-23-14-15-28(24(6-2)18-23)22-36-33(32(37-4)21-35-3)26-16-17-27(20-34)31(19-26)30-13-9-11-25-10-7-8-12-29(25)30/h7-19,21,33,35H,5-6,22H2,1-4H3/b32-21-. The third-order valence-corrected chi connectivity index (χ3v) is 7.60. The number of fused-ring (bicyclic) bond motifs is 1. The van der Waals surface area contributed by atoms with E-state index in [0.29, 0.717) is 12.2 Å². The van der Waals surface area contributed by atoms with Crippen LogP contribution in [0.2, 0.25) is 0 Å². The first-order valence-corrected chi connectivity index (χ1v) is 14.0. The molecule has 188 valence electrons. The number of rotatable bonds is 10. The molecule has 0 amide bonds. The first-order valence-electron chi connectivity index (χ1n) is 12.8. The van der Waals surface area contributed by atoms with Crippen LogP contribution in [0.3, 0.4) is 0 Å². The second kappa shape index (κ2) is 12.6. The number of thioether (sulfide) groups is 1. The fraction of sp³-hybridized carbons (Fsp3) is 0.242. The summed E-state index contributed by atoms with van der Waals surface area (Å²) in [5.74, 6) is 0. The van der Waals surface area contributed by atoms with Crippen LogP contribution in [-0.2, 0) is 24.2 Å². The Morgan fingerprint density at radius 1 is 0.946 bits per heavy atom. The second-order valence-electron chi connectivity index (χ2n) is 8.98. The van der Waals surface area contributed by atoms with Crippen molar-refractivity contribution in [2.24, 2.45) is 0 Å². The van der Waals surface area contributed by atoms with Gasteiger partial charge in [0.25, 0.3) is 0 Å². The van der Waals surface area contributed by atoms with Crippen LogP contribution in [0.15, 0.2) is 90.0 Å². The predicted molar refractivity (Wildman–Crippen MR) is 157 cm³/mol. The molecule has 0 saturated heterocycles. The van der Waals surface area contributed by atoms with Crippen molar-refractivity contribution in [1.82, 2.24) is 5.32 Å². The smallest absolute Gasteiger partial charge is 0.115 e. The van der Waals surface area contributed by atoms with Gasteiger partial charge in [-0.15, -0.1) is 11.8 Å². The summed E-state index contributed by atoms with van der Waals surface area (Å²) in [4.78, 5) is 1.08. The van der Waals surface area contributed by atoms with Gasteiger partial charge in [-0.25, -0.2) is 0 Å². The third kappa shape index (κ3) is 5.91. The van der Waals surface area contributed by atoms with Crippen LogP contribution in [0, 0.1) is 11.3 Å². The largest absolute Gasteiger partial charge is 0.393 e. The van der Waals surface area contributed by atoms with Gasteiger partial charge >= 0.3 is 0 Å². The van der Waals surface area contributed by atoms with Crippen LogP contribution in [0.5, 0.6) is 0 Å². The van der Waals surface area contributed by atoms with Crippen LogP contribution in [0.1, 0.15) is 47.8 Å². The molecule has 0 bridgehead atoms. The van der Waals surface area contributed by atoms with E-state index in [0.717, 1.165) is 45.2 Å². The zero-order valence-corrected chi connectivity index (χ0v) is 22.9. The number of ether oxygens (including phenoxy) is 1. The molecule has 0 heterocycles. The summed E-state index contributed by atoms with van der Waals surface area (Å²) in [6, 6.07) is 29.8. The molecule has 0 aliphatic carbocycles. The van der Waals surface area contributed by atoms with E-state index in [-0.39, 0.29) is 6.10 Å². The van der Waals surface area contributed by atoms with E-state index in [1.54, 1.807) is 11.8 Å². The molecule has 4 heteroatoms. The van der Waals surface area contributed by atoms with Gasteiger partial charge in [-0.2, -0.15) is 5.26 Å². The average molecular weight is 507 g/mol. The Labute approximate surface area is 225 Å². The highest BCUT2D eigenvalue weighted by Gasteiger charge is 2.21. The molecule has 4 rings (SSSR count). The Hall–Kier alpha value is -3.52. The zero-order chi connectivity index (χ0) is 26.2. The summed E-state index contributed by atoms with van der Waals surface area (Å²) in [7, 11) is 1.91. The molecule has 3 nitrogen and oxygen atoms in total. The van der Waals surface area contributed by atoms with Crippen molar-refractivity contribution in [3.05, 3.63) is 118 Å². The van der Waals surface area contributed by atoms with Crippen molar-refractivity contribution in [2.45, 2.75) is 39.4 Å². The predicted octanol–water partition coefficient (Wildman–Crippen LogP) is 8.18. The fourth-order valence-electron chi connectivity index (χ4n) is 4.77. The maximum absolute atomic E-state index is 9.97. The molecule has 0 radical (unpaired) electrons.